The van der Waals surface area contributed by atoms with Crippen LogP contribution in [0.2, 0.25) is 0 Å². The number of aromatic amines is 2. The van der Waals surface area contributed by atoms with Gasteiger partial charge in [0, 0.05) is 12.4 Å². The van der Waals surface area contributed by atoms with E-state index in [9.17, 15) is 4.79 Å². The van der Waals surface area contributed by atoms with Crippen molar-refractivity contribution in [3.63, 3.8) is 0 Å². The van der Waals surface area contributed by atoms with Crippen molar-refractivity contribution in [2.24, 2.45) is 0 Å². The zero-order valence-corrected chi connectivity index (χ0v) is 8.60. The number of H-pyrrole nitrogens is 2. The van der Waals surface area contributed by atoms with Crippen LogP contribution in [0.25, 0.3) is 0 Å². The van der Waals surface area contributed by atoms with Gasteiger partial charge in [-0.3, -0.25) is 4.98 Å². The van der Waals surface area contributed by atoms with Gasteiger partial charge in [0.1, 0.15) is 0 Å². The quantitative estimate of drug-likeness (QED) is 0.730. The molecule has 5 nitrogen and oxygen atoms in total. The van der Waals surface area contributed by atoms with E-state index >= 15 is 0 Å². The van der Waals surface area contributed by atoms with Crippen LogP contribution in [-0.2, 0) is 4.74 Å². The molecule has 6 heteroatoms. The third kappa shape index (κ3) is 2.62. The number of nitrogens with zero attached hydrogens (tertiary/aromatic N) is 1. The van der Waals surface area contributed by atoms with Gasteiger partial charge in [-0.25, -0.2) is 9.89 Å². The van der Waals surface area contributed by atoms with Gasteiger partial charge in [0.05, 0.1) is 6.10 Å². The highest BCUT2D eigenvalue weighted by Gasteiger charge is 2.14. The zero-order valence-electron chi connectivity index (χ0n) is 7.78. The Morgan fingerprint density at radius 3 is 3.14 bits per heavy atom. The van der Waals surface area contributed by atoms with Crippen LogP contribution in [0, 0.1) is 0 Å². The van der Waals surface area contributed by atoms with Crippen molar-refractivity contribution in [1.82, 2.24) is 15.2 Å². The maximum Gasteiger partial charge on any atom is 0.341 e. The number of rotatable bonds is 3. The molecular formula is C8H13N3O2S. The Labute approximate surface area is 85.6 Å². The Bertz CT molecular complexity index is 329. The van der Waals surface area contributed by atoms with Gasteiger partial charge in [-0.15, -0.1) is 5.10 Å². The average molecular weight is 215 g/mol. The summed E-state index contributed by atoms with van der Waals surface area (Å²) in [5.74, 6) is 0.862. The Kier molecular flexibility index (Phi) is 3.26. The summed E-state index contributed by atoms with van der Waals surface area (Å²) >= 11 is 1.52. The molecule has 0 aliphatic carbocycles. The van der Waals surface area contributed by atoms with Gasteiger partial charge in [0.15, 0.2) is 5.16 Å². The minimum absolute atomic E-state index is 0.253. The predicted octanol–water partition coefficient (Wildman–Crippen LogP) is 0.759. The molecule has 1 aliphatic rings. The molecule has 0 spiro atoms. The Morgan fingerprint density at radius 2 is 2.50 bits per heavy atom. The van der Waals surface area contributed by atoms with Crippen LogP contribution >= 0.6 is 11.8 Å². The van der Waals surface area contributed by atoms with E-state index in [-0.39, 0.29) is 5.69 Å². The van der Waals surface area contributed by atoms with E-state index < -0.39 is 0 Å². The molecule has 1 aromatic heterocycles. The molecule has 0 amide bonds. The van der Waals surface area contributed by atoms with Crippen molar-refractivity contribution in [3.05, 3.63) is 10.5 Å². The molecule has 78 valence electrons. The molecule has 14 heavy (non-hydrogen) atoms. The molecule has 2 N–H and O–H groups in total. The van der Waals surface area contributed by atoms with Gasteiger partial charge >= 0.3 is 5.69 Å². The van der Waals surface area contributed by atoms with Crippen LogP contribution in [0.5, 0.6) is 0 Å². The first-order chi connectivity index (χ1) is 6.84. The van der Waals surface area contributed by atoms with Gasteiger partial charge < -0.3 is 4.74 Å². The molecular weight excluding hydrogens is 202 g/mol. The molecule has 0 saturated carbocycles. The highest BCUT2D eigenvalue weighted by atomic mass is 32.2. The van der Waals surface area contributed by atoms with Crippen LogP contribution in [0.1, 0.15) is 19.3 Å². The number of nitrogens with one attached hydrogen (secondary N) is 2. The maximum atomic E-state index is 10.7. The normalized spacial score (nSPS) is 22.4. The first-order valence-corrected chi connectivity index (χ1v) is 5.72. The maximum absolute atomic E-state index is 10.7. The topological polar surface area (TPSA) is 70.8 Å². The lowest BCUT2D eigenvalue weighted by Crippen LogP contribution is -2.21. The van der Waals surface area contributed by atoms with E-state index in [0.717, 1.165) is 18.8 Å². The Hall–Kier alpha value is -0.750. The lowest BCUT2D eigenvalue weighted by molar-refractivity contribution is 0.0315. The van der Waals surface area contributed by atoms with E-state index in [2.05, 4.69) is 15.2 Å². The van der Waals surface area contributed by atoms with Crippen molar-refractivity contribution >= 4 is 11.8 Å². The van der Waals surface area contributed by atoms with Crippen molar-refractivity contribution in [2.75, 3.05) is 12.4 Å². The first-order valence-electron chi connectivity index (χ1n) is 4.74. The van der Waals surface area contributed by atoms with Gasteiger partial charge in [-0.05, 0) is 19.3 Å². The molecule has 0 aromatic carbocycles. The third-order valence-corrected chi connectivity index (χ3v) is 3.16. The number of hydrogen-bond donors (Lipinski definition) is 2. The largest absolute Gasteiger partial charge is 0.377 e. The molecule has 1 saturated heterocycles. The highest BCUT2D eigenvalue weighted by Crippen LogP contribution is 2.19. The molecule has 2 heterocycles. The van der Waals surface area contributed by atoms with Crippen LogP contribution < -0.4 is 5.69 Å². The Balaban J connectivity index is 1.78. The van der Waals surface area contributed by atoms with Crippen LogP contribution in [0.15, 0.2) is 9.95 Å². The first kappa shape index (κ1) is 9.79. The molecule has 1 aromatic rings. The summed E-state index contributed by atoms with van der Waals surface area (Å²) in [5, 5.41) is 6.79. The minimum Gasteiger partial charge on any atom is -0.377 e. The number of aromatic nitrogens is 3. The fourth-order valence-corrected chi connectivity index (χ4v) is 2.32. The fourth-order valence-electron chi connectivity index (χ4n) is 1.43. The van der Waals surface area contributed by atoms with Crippen LogP contribution in [0.3, 0.4) is 0 Å². The summed E-state index contributed by atoms with van der Waals surface area (Å²) in [4.78, 5) is 13.3. The van der Waals surface area contributed by atoms with Gasteiger partial charge in [-0.2, -0.15) is 0 Å². The molecule has 2 rings (SSSR count). The van der Waals surface area contributed by atoms with Gasteiger partial charge in [-0.1, -0.05) is 11.8 Å². The summed E-state index contributed by atoms with van der Waals surface area (Å²) in [6.45, 7) is 0.863. The molecule has 0 unspecified atom stereocenters. The molecule has 1 aliphatic heterocycles. The lowest BCUT2D eigenvalue weighted by atomic mass is 10.1. The molecule has 1 fully saturated rings. The predicted molar refractivity (Wildman–Crippen MR) is 53.5 cm³/mol. The summed E-state index contributed by atoms with van der Waals surface area (Å²) in [6, 6.07) is 0. The van der Waals surface area contributed by atoms with Crippen molar-refractivity contribution < 1.29 is 4.74 Å². The Morgan fingerprint density at radius 1 is 1.57 bits per heavy atom. The SMILES string of the molecule is O=c1[nH]nc(SC[C@H]2CCCCO2)[nH]1. The number of hydrogen-bond acceptors (Lipinski definition) is 4. The second-order valence-electron chi connectivity index (χ2n) is 3.28. The van der Waals surface area contributed by atoms with E-state index in [1.807, 2.05) is 0 Å². The monoisotopic (exact) mass is 215 g/mol. The molecule has 1 atom stereocenters. The van der Waals surface area contributed by atoms with Crippen molar-refractivity contribution in [2.45, 2.75) is 30.5 Å². The van der Waals surface area contributed by atoms with Gasteiger partial charge in [0.2, 0.25) is 0 Å². The van der Waals surface area contributed by atoms with E-state index in [1.54, 1.807) is 0 Å². The van der Waals surface area contributed by atoms with Gasteiger partial charge in [0.25, 0.3) is 0 Å². The van der Waals surface area contributed by atoms with E-state index in [4.69, 9.17) is 4.74 Å². The van der Waals surface area contributed by atoms with Crippen LogP contribution in [-0.4, -0.2) is 33.6 Å². The zero-order chi connectivity index (χ0) is 9.80. The molecule has 0 bridgehead atoms. The highest BCUT2D eigenvalue weighted by molar-refractivity contribution is 7.99. The second-order valence-corrected chi connectivity index (χ2v) is 4.29. The summed E-state index contributed by atoms with van der Waals surface area (Å²) < 4.78 is 5.56. The lowest BCUT2D eigenvalue weighted by Gasteiger charge is -2.21. The van der Waals surface area contributed by atoms with Crippen molar-refractivity contribution in [1.29, 1.82) is 0 Å². The second kappa shape index (κ2) is 4.65. The fraction of sp³-hybridized carbons (Fsp3) is 0.750. The third-order valence-electron chi connectivity index (χ3n) is 2.16. The summed E-state index contributed by atoms with van der Waals surface area (Å²) in [5.41, 5.74) is -0.253. The smallest absolute Gasteiger partial charge is 0.341 e. The summed E-state index contributed by atoms with van der Waals surface area (Å²) in [7, 11) is 0. The van der Waals surface area contributed by atoms with Crippen molar-refractivity contribution in [3.8, 4) is 0 Å². The minimum atomic E-state index is -0.253. The number of ether oxygens (including phenoxy) is 1. The summed E-state index contributed by atoms with van der Waals surface area (Å²) in [6.07, 6.45) is 3.83. The van der Waals surface area contributed by atoms with E-state index in [0.29, 0.717) is 11.3 Å². The standard InChI is InChI=1S/C8H13N3O2S/c12-7-9-8(11-10-7)14-5-6-3-1-2-4-13-6/h6H,1-5H2,(H2,9,10,11,12)/t6-/m1/s1. The number of thioether (sulfide) groups is 1. The van der Waals surface area contributed by atoms with Crippen LogP contribution in [0.4, 0.5) is 0 Å². The molecule has 0 radical (unpaired) electrons. The van der Waals surface area contributed by atoms with E-state index in [1.165, 1.54) is 24.6 Å². The average Bonchev–Trinajstić information content (AvgIpc) is 2.63.